The Morgan fingerprint density at radius 2 is 2.07 bits per heavy atom. The number of carbonyl (C=O) groups excluding carboxylic acids is 1. The minimum atomic E-state index is 0.102. The third-order valence-electron chi connectivity index (χ3n) is 4.75. The monoisotopic (exact) mass is 385 g/mol. The number of hydrogen-bond donors (Lipinski definition) is 0. The van der Waals surface area contributed by atoms with Crippen LogP contribution in [0.3, 0.4) is 0 Å². The van der Waals surface area contributed by atoms with Gasteiger partial charge in [0.2, 0.25) is 5.91 Å². The summed E-state index contributed by atoms with van der Waals surface area (Å²) in [4.78, 5) is 19.0. The molecule has 0 radical (unpaired) electrons. The van der Waals surface area contributed by atoms with Crippen molar-refractivity contribution in [3.05, 3.63) is 23.8 Å². The SMILES string of the molecule is COc1cc2cc(C#N)c(SCC(=O)N3CCC[C@@H](C)C3)nc2cc1OC. The van der Waals surface area contributed by atoms with Gasteiger partial charge in [-0.3, -0.25) is 4.79 Å². The second-order valence-corrected chi connectivity index (χ2v) is 7.69. The molecular formula is C20H23N3O3S. The normalized spacial score (nSPS) is 16.8. The van der Waals surface area contributed by atoms with Crippen LogP contribution in [-0.4, -0.2) is 48.9 Å². The summed E-state index contributed by atoms with van der Waals surface area (Å²) < 4.78 is 10.6. The molecule has 2 heterocycles. The van der Waals surface area contributed by atoms with Gasteiger partial charge in [-0.1, -0.05) is 18.7 Å². The van der Waals surface area contributed by atoms with Crippen LogP contribution in [-0.2, 0) is 4.79 Å². The molecule has 0 bridgehead atoms. The molecule has 0 aliphatic carbocycles. The van der Waals surface area contributed by atoms with Crippen molar-refractivity contribution in [2.45, 2.75) is 24.8 Å². The Balaban J connectivity index is 1.83. The maximum absolute atomic E-state index is 12.5. The molecule has 1 saturated heterocycles. The first-order valence-corrected chi connectivity index (χ1v) is 9.91. The first-order valence-electron chi connectivity index (χ1n) is 8.93. The van der Waals surface area contributed by atoms with Gasteiger partial charge in [-0.2, -0.15) is 5.26 Å². The minimum absolute atomic E-state index is 0.102. The number of amides is 1. The second kappa shape index (κ2) is 8.49. The maximum Gasteiger partial charge on any atom is 0.232 e. The Morgan fingerprint density at radius 1 is 1.33 bits per heavy atom. The first-order chi connectivity index (χ1) is 13.0. The smallest absolute Gasteiger partial charge is 0.232 e. The van der Waals surface area contributed by atoms with E-state index in [1.54, 1.807) is 32.4 Å². The highest BCUT2D eigenvalue weighted by Gasteiger charge is 2.21. The van der Waals surface area contributed by atoms with Crippen LogP contribution < -0.4 is 9.47 Å². The lowest BCUT2D eigenvalue weighted by molar-refractivity contribution is -0.130. The van der Waals surface area contributed by atoms with Crippen LogP contribution in [0.4, 0.5) is 0 Å². The van der Waals surface area contributed by atoms with Crippen molar-refractivity contribution in [2.75, 3.05) is 33.1 Å². The van der Waals surface area contributed by atoms with E-state index in [1.807, 2.05) is 4.90 Å². The summed E-state index contributed by atoms with van der Waals surface area (Å²) in [5.74, 6) is 2.10. The summed E-state index contributed by atoms with van der Waals surface area (Å²) in [6.07, 6.45) is 2.23. The highest BCUT2D eigenvalue weighted by molar-refractivity contribution is 8.00. The number of methoxy groups -OCH3 is 2. The van der Waals surface area contributed by atoms with Gasteiger partial charge in [-0.25, -0.2) is 4.98 Å². The number of nitrogens with zero attached hydrogens (tertiary/aromatic N) is 3. The molecule has 1 aromatic carbocycles. The molecule has 0 N–H and O–H groups in total. The Kier molecular flexibility index (Phi) is 6.07. The van der Waals surface area contributed by atoms with Crippen LogP contribution in [0.5, 0.6) is 11.5 Å². The fourth-order valence-corrected chi connectivity index (χ4v) is 4.18. The van der Waals surface area contributed by atoms with Crippen LogP contribution >= 0.6 is 11.8 Å². The molecule has 1 fully saturated rings. The van der Waals surface area contributed by atoms with Crippen LogP contribution in [0.15, 0.2) is 23.2 Å². The molecule has 0 saturated carbocycles. The third-order valence-corrected chi connectivity index (χ3v) is 5.72. The lowest BCUT2D eigenvalue weighted by atomic mass is 10.0. The number of hydrogen-bond acceptors (Lipinski definition) is 6. The van der Waals surface area contributed by atoms with Gasteiger partial charge in [0.1, 0.15) is 11.1 Å². The lowest BCUT2D eigenvalue weighted by Gasteiger charge is -2.30. The zero-order valence-corrected chi connectivity index (χ0v) is 16.6. The molecule has 1 aliphatic heterocycles. The number of fused-ring (bicyclic) bond motifs is 1. The van der Waals surface area contributed by atoms with Gasteiger partial charge in [0.15, 0.2) is 11.5 Å². The fraction of sp³-hybridized carbons (Fsp3) is 0.450. The molecule has 6 nitrogen and oxygen atoms in total. The number of likely N-dealkylation sites (tertiary alicyclic amines) is 1. The van der Waals surface area contributed by atoms with Crippen molar-refractivity contribution in [2.24, 2.45) is 5.92 Å². The molecule has 2 aromatic rings. The van der Waals surface area contributed by atoms with E-state index in [-0.39, 0.29) is 11.7 Å². The number of nitriles is 1. The van der Waals surface area contributed by atoms with Crippen LogP contribution in [0.25, 0.3) is 10.9 Å². The van der Waals surface area contributed by atoms with Gasteiger partial charge >= 0.3 is 0 Å². The molecule has 7 heteroatoms. The summed E-state index contributed by atoms with van der Waals surface area (Å²) in [5.41, 5.74) is 1.16. The average Bonchev–Trinajstić information content (AvgIpc) is 2.70. The van der Waals surface area contributed by atoms with Crippen molar-refractivity contribution in [3.63, 3.8) is 0 Å². The Labute approximate surface area is 163 Å². The topological polar surface area (TPSA) is 75.5 Å². The fourth-order valence-electron chi connectivity index (χ4n) is 3.31. The van der Waals surface area contributed by atoms with E-state index in [9.17, 15) is 10.1 Å². The standard InChI is InChI=1S/C20H23N3O3S/c1-13-5-4-6-23(11-13)19(24)12-27-20-15(10-21)7-14-8-17(25-2)18(26-3)9-16(14)22-20/h7-9,13H,4-6,11-12H2,1-3H3/t13-/m1/s1. The van der Waals surface area contributed by atoms with Crippen molar-refractivity contribution in [1.82, 2.24) is 9.88 Å². The highest BCUT2D eigenvalue weighted by Crippen LogP contribution is 2.34. The summed E-state index contributed by atoms with van der Waals surface area (Å²) >= 11 is 1.32. The number of thioether (sulfide) groups is 1. The van der Waals surface area contributed by atoms with E-state index in [1.165, 1.54) is 18.2 Å². The number of piperidine rings is 1. The van der Waals surface area contributed by atoms with E-state index in [4.69, 9.17) is 9.47 Å². The number of aromatic nitrogens is 1. The zero-order valence-electron chi connectivity index (χ0n) is 15.8. The van der Waals surface area contributed by atoms with Gasteiger partial charge in [0.25, 0.3) is 0 Å². The number of ether oxygens (including phenoxy) is 2. The van der Waals surface area contributed by atoms with E-state index in [2.05, 4.69) is 18.0 Å². The number of carbonyl (C=O) groups is 1. The molecule has 1 amide bonds. The van der Waals surface area contributed by atoms with Crippen LogP contribution in [0, 0.1) is 17.2 Å². The summed E-state index contributed by atoms with van der Waals surface area (Å²) in [6, 6.07) is 7.55. The maximum atomic E-state index is 12.5. The van der Waals surface area contributed by atoms with E-state index < -0.39 is 0 Å². The van der Waals surface area contributed by atoms with Gasteiger partial charge in [0, 0.05) is 24.5 Å². The van der Waals surface area contributed by atoms with Crippen molar-refractivity contribution < 1.29 is 14.3 Å². The Bertz CT molecular complexity index is 894. The van der Waals surface area contributed by atoms with Crippen molar-refractivity contribution in [1.29, 1.82) is 5.26 Å². The molecule has 1 atom stereocenters. The largest absolute Gasteiger partial charge is 0.493 e. The van der Waals surface area contributed by atoms with Crippen LogP contribution in [0.2, 0.25) is 0 Å². The summed E-state index contributed by atoms with van der Waals surface area (Å²) in [5, 5.41) is 10.9. The predicted molar refractivity (Wildman–Crippen MR) is 105 cm³/mol. The summed E-state index contributed by atoms with van der Waals surface area (Å²) in [7, 11) is 3.14. The number of benzene rings is 1. The molecule has 1 aromatic heterocycles. The van der Waals surface area contributed by atoms with Gasteiger partial charge in [-0.05, 0) is 30.9 Å². The number of pyridine rings is 1. The van der Waals surface area contributed by atoms with E-state index in [0.717, 1.165) is 24.9 Å². The molecule has 142 valence electrons. The molecule has 1 aliphatic rings. The van der Waals surface area contributed by atoms with Crippen molar-refractivity contribution >= 4 is 28.6 Å². The van der Waals surface area contributed by atoms with Gasteiger partial charge in [0.05, 0.1) is 31.1 Å². The first kappa shape index (κ1) is 19.3. The molecule has 27 heavy (non-hydrogen) atoms. The van der Waals surface area contributed by atoms with E-state index in [0.29, 0.717) is 33.5 Å². The highest BCUT2D eigenvalue weighted by atomic mass is 32.2. The molecule has 3 rings (SSSR count). The summed E-state index contributed by atoms with van der Waals surface area (Å²) in [6.45, 7) is 3.80. The Hall–Kier alpha value is -2.46. The number of rotatable bonds is 5. The van der Waals surface area contributed by atoms with Gasteiger partial charge < -0.3 is 14.4 Å². The molecular weight excluding hydrogens is 362 g/mol. The zero-order chi connectivity index (χ0) is 19.4. The average molecular weight is 385 g/mol. The third kappa shape index (κ3) is 4.28. The molecule has 0 unspecified atom stereocenters. The van der Waals surface area contributed by atoms with Gasteiger partial charge in [-0.15, -0.1) is 0 Å². The molecule has 0 spiro atoms. The Morgan fingerprint density at radius 3 is 2.74 bits per heavy atom. The lowest BCUT2D eigenvalue weighted by Crippen LogP contribution is -2.40. The van der Waals surface area contributed by atoms with Crippen molar-refractivity contribution in [3.8, 4) is 17.6 Å². The second-order valence-electron chi connectivity index (χ2n) is 6.73. The predicted octanol–water partition coefficient (Wildman–Crippen LogP) is 3.47. The minimum Gasteiger partial charge on any atom is -0.493 e. The quantitative estimate of drug-likeness (QED) is 0.734. The van der Waals surface area contributed by atoms with E-state index >= 15 is 0 Å². The van der Waals surface area contributed by atoms with Crippen LogP contribution in [0.1, 0.15) is 25.3 Å².